The number of amides is 1. The van der Waals surface area contributed by atoms with Gasteiger partial charge < -0.3 is 14.7 Å². The molecule has 0 spiro atoms. The quantitative estimate of drug-likeness (QED) is 0.912. The number of piperidine rings is 1. The number of carbonyl (C=O) groups excluding carboxylic acids is 1. The van der Waals surface area contributed by atoms with Crippen LogP contribution in [0.2, 0.25) is 0 Å². The van der Waals surface area contributed by atoms with Crippen LogP contribution in [0.5, 0.6) is 0 Å². The molecule has 1 fully saturated rings. The fraction of sp³-hybridized carbons (Fsp3) is 0.529. The summed E-state index contributed by atoms with van der Waals surface area (Å²) in [5.41, 5.74) is -0.369. The molecule has 0 aliphatic carbocycles. The normalized spacial score (nSPS) is 18.5. The zero-order valence-electron chi connectivity index (χ0n) is 13.5. The second kappa shape index (κ2) is 6.48. The van der Waals surface area contributed by atoms with E-state index in [0.29, 0.717) is 25.9 Å². The second-order valence-corrected chi connectivity index (χ2v) is 6.68. The van der Waals surface area contributed by atoms with Gasteiger partial charge in [0.2, 0.25) is 0 Å². The van der Waals surface area contributed by atoms with E-state index in [-0.39, 0.29) is 6.09 Å². The van der Waals surface area contributed by atoms with Gasteiger partial charge in [-0.15, -0.1) is 0 Å². The van der Waals surface area contributed by atoms with Crippen molar-refractivity contribution >= 4 is 12.2 Å². The molecule has 0 bridgehead atoms. The summed E-state index contributed by atoms with van der Waals surface area (Å²) in [6.07, 6.45) is 7.85. The minimum absolute atomic E-state index is 0.312. The van der Waals surface area contributed by atoms with Crippen molar-refractivity contribution in [3.05, 3.63) is 36.2 Å². The van der Waals surface area contributed by atoms with Gasteiger partial charge >= 0.3 is 6.09 Å². The molecule has 0 unspecified atom stereocenters. The summed E-state index contributed by atoms with van der Waals surface area (Å²) in [5.74, 6) is 0. The number of nitrogens with zero attached hydrogens (tertiary/aromatic N) is 2. The Bertz CT molecular complexity index is 527. The lowest BCUT2D eigenvalue weighted by Crippen LogP contribution is -2.47. The average Bonchev–Trinajstić information content (AvgIpc) is 2.45. The van der Waals surface area contributed by atoms with Crippen LogP contribution in [0, 0.1) is 0 Å². The van der Waals surface area contributed by atoms with Crippen LogP contribution in [0.1, 0.15) is 39.2 Å². The molecule has 0 atom stereocenters. The fourth-order valence-corrected chi connectivity index (χ4v) is 2.30. The summed E-state index contributed by atoms with van der Waals surface area (Å²) in [6, 6.07) is 3.77. The van der Waals surface area contributed by atoms with Gasteiger partial charge in [-0.2, -0.15) is 0 Å². The summed E-state index contributed by atoms with van der Waals surface area (Å²) < 4.78 is 5.36. The van der Waals surface area contributed by atoms with E-state index in [2.05, 4.69) is 4.98 Å². The Morgan fingerprint density at radius 1 is 1.32 bits per heavy atom. The molecule has 5 nitrogen and oxygen atoms in total. The first kappa shape index (κ1) is 16.5. The maximum Gasteiger partial charge on any atom is 0.410 e. The first-order valence-electron chi connectivity index (χ1n) is 7.57. The molecule has 1 aromatic heterocycles. The molecule has 1 N–H and O–H groups in total. The molecule has 0 saturated carbocycles. The Hall–Kier alpha value is -1.88. The topological polar surface area (TPSA) is 62.7 Å². The molecule has 1 aromatic rings. The first-order valence-corrected chi connectivity index (χ1v) is 7.57. The zero-order valence-corrected chi connectivity index (χ0v) is 13.5. The van der Waals surface area contributed by atoms with Crippen molar-refractivity contribution in [3.8, 4) is 0 Å². The van der Waals surface area contributed by atoms with E-state index < -0.39 is 11.2 Å². The predicted octanol–water partition coefficient (Wildman–Crippen LogP) is 2.86. The summed E-state index contributed by atoms with van der Waals surface area (Å²) in [5, 5.41) is 10.6. The first-order chi connectivity index (χ1) is 10.3. The monoisotopic (exact) mass is 304 g/mol. The van der Waals surface area contributed by atoms with Crippen molar-refractivity contribution in [2.24, 2.45) is 0 Å². The van der Waals surface area contributed by atoms with Gasteiger partial charge in [0, 0.05) is 25.5 Å². The standard InChI is InChI=1S/C17H24N2O3/c1-16(2,3)22-15(20)19-12-8-17(21,9-13-19)7-4-14-5-10-18-11-6-14/h4-7,10-11,21H,8-9,12-13H2,1-3H3. The molecule has 5 heteroatoms. The van der Waals surface area contributed by atoms with Gasteiger partial charge in [0.15, 0.2) is 0 Å². The van der Waals surface area contributed by atoms with Gasteiger partial charge in [-0.25, -0.2) is 4.79 Å². The predicted molar refractivity (Wildman–Crippen MR) is 85.3 cm³/mol. The third kappa shape index (κ3) is 4.84. The van der Waals surface area contributed by atoms with Gasteiger partial charge in [-0.1, -0.05) is 12.2 Å². The molecule has 1 saturated heterocycles. The fourth-order valence-electron chi connectivity index (χ4n) is 2.30. The number of ether oxygens (including phenoxy) is 1. The lowest BCUT2D eigenvalue weighted by Gasteiger charge is -2.37. The van der Waals surface area contributed by atoms with E-state index in [1.54, 1.807) is 17.3 Å². The number of likely N-dealkylation sites (tertiary alicyclic amines) is 1. The molecular formula is C17H24N2O3. The number of carbonyl (C=O) groups is 1. The Kier molecular flexibility index (Phi) is 4.86. The number of hydrogen-bond donors (Lipinski definition) is 1. The van der Waals surface area contributed by atoms with Gasteiger partial charge in [-0.05, 0) is 51.3 Å². The maximum atomic E-state index is 12.0. The van der Waals surface area contributed by atoms with Crippen LogP contribution in [0.3, 0.4) is 0 Å². The Morgan fingerprint density at radius 2 is 1.91 bits per heavy atom. The zero-order chi connectivity index (χ0) is 16.2. The third-order valence-electron chi connectivity index (χ3n) is 3.57. The van der Waals surface area contributed by atoms with E-state index in [0.717, 1.165) is 5.56 Å². The van der Waals surface area contributed by atoms with Crippen LogP contribution in [0.4, 0.5) is 4.79 Å². The lowest BCUT2D eigenvalue weighted by molar-refractivity contribution is -0.00827. The minimum Gasteiger partial charge on any atom is -0.444 e. The van der Waals surface area contributed by atoms with Crippen molar-refractivity contribution in [3.63, 3.8) is 0 Å². The van der Waals surface area contributed by atoms with Gasteiger partial charge in [0.05, 0.1) is 5.60 Å². The van der Waals surface area contributed by atoms with Crippen molar-refractivity contribution < 1.29 is 14.6 Å². The third-order valence-corrected chi connectivity index (χ3v) is 3.57. The van der Waals surface area contributed by atoms with E-state index in [4.69, 9.17) is 4.74 Å². The highest BCUT2D eigenvalue weighted by atomic mass is 16.6. The molecular weight excluding hydrogens is 280 g/mol. The minimum atomic E-state index is -0.873. The number of pyridine rings is 1. The number of aliphatic hydroxyl groups is 1. The molecule has 22 heavy (non-hydrogen) atoms. The molecule has 120 valence electrons. The summed E-state index contributed by atoms with van der Waals surface area (Å²) in [4.78, 5) is 17.6. The Balaban J connectivity index is 1.90. The van der Waals surface area contributed by atoms with Crippen molar-refractivity contribution in [2.45, 2.75) is 44.8 Å². The van der Waals surface area contributed by atoms with Gasteiger partial charge in [0.25, 0.3) is 0 Å². The van der Waals surface area contributed by atoms with E-state index >= 15 is 0 Å². The van der Waals surface area contributed by atoms with E-state index in [1.807, 2.05) is 45.1 Å². The Morgan fingerprint density at radius 3 is 2.45 bits per heavy atom. The molecule has 1 amide bonds. The lowest BCUT2D eigenvalue weighted by atomic mass is 9.90. The number of aromatic nitrogens is 1. The van der Waals surface area contributed by atoms with Gasteiger partial charge in [-0.3, -0.25) is 4.98 Å². The van der Waals surface area contributed by atoms with Crippen LogP contribution in [0.25, 0.3) is 6.08 Å². The largest absolute Gasteiger partial charge is 0.444 e. The smallest absolute Gasteiger partial charge is 0.410 e. The van der Waals surface area contributed by atoms with Crippen LogP contribution >= 0.6 is 0 Å². The highest BCUT2D eigenvalue weighted by Gasteiger charge is 2.33. The summed E-state index contributed by atoms with van der Waals surface area (Å²) in [7, 11) is 0. The second-order valence-electron chi connectivity index (χ2n) is 6.68. The van der Waals surface area contributed by atoms with Crippen LogP contribution in [0.15, 0.2) is 30.6 Å². The maximum absolute atomic E-state index is 12.0. The average molecular weight is 304 g/mol. The summed E-state index contributed by atoms with van der Waals surface area (Å²) in [6.45, 7) is 6.53. The Labute approximate surface area is 131 Å². The molecule has 2 rings (SSSR count). The molecule has 1 aliphatic rings. The van der Waals surface area contributed by atoms with Crippen LogP contribution in [-0.4, -0.2) is 45.4 Å². The SMILES string of the molecule is CC(C)(C)OC(=O)N1CCC(O)(C=Cc2ccncc2)CC1. The molecule has 1 aliphatic heterocycles. The van der Waals surface area contributed by atoms with Crippen LogP contribution < -0.4 is 0 Å². The molecule has 2 heterocycles. The van der Waals surface area contributed by atoms with Crippen molar-refractivity contribution in [1.29, 1.82) is 0 Å². The highest BCUT2D eigenvalue weighted by Crippen LogP contribution is 2.25. The van der Waals surface area contributed by atoms with Crippen molar-refractivity contribution in [2.75, 3.05) is 13.1 Å². The number of hydrogen-bond acceptors (Lipinski definition) is 4. The van der Waals surface area contributed by atoms with Gasteiger partial charge in [0.1, 0.15) is 5.60 Å². The van der Waals surface area contributed by atoms with Crippen LogP contribution in [-0.2, 0) is 4.74 Å². The van der Waals surface area contributed by atoms with E-state index in [9.17, 15) is 9.90 Å². The molecule has 0 aromatic carbocycles. The highest BCUT2D eigenvalue weighted by molar-refractivity contribution is 5.68. The summed E-state index contributed by atoms with van der Waals surface area (Å²) >= 11 is 0. The van der Waals surface area contributed by atoms with E-state index in [1.165, 1.54) is 0 Å². The molecule has 0 radical (unpaired) electrons. The number of rotatable bonds is 2. The van der Waals surface area contributed by atoms with Crippen molar-refractivity contribution in [1.82, 2.24) is 9.88 Å².